The molecule has 544 valence electrons. The number of H-pyrrole nitrogens is 2. The van der Waals surface area contributed by atoms with Crippen molar-refractivity contribution in [2.24, 2.45) is 10.8 Å². The van der Waals surface area contributed by atoms with Crippen molar-refractivity contribution in [1.82, 2.24) is 57.0 Å². The van der Waals surface area contributed by atoms with Crippen LogP contribution < -0.4 is 47.7 Å². The van der Waals surface area contributed by atoms with Crippen LogP contribution in [-0.2, 0) is 79.4 Å². The Kier molecular flexibility index (Phi) is 27.2. The van der Waals surface area contributed by atoms with E-state index < -0.39 is 131 Å². The number of aliphatic carboxylic acids is 1. The van der Waals surface area contributed by atoms with Crippen molar-refractivity contribution >= 4 is 104 Å². The number of carbonyl (C=O) groups is 10. The van der Waals surface area contributed by atoms with Crippen molar-refractivity contribution < 1.29 is 66.6 Å². The maximum absolute atomic E-state index is 15.6. The molecule has 0 aliphatic carbocycles. The zero-order valence-corrected chi connectivity index (χ0v) is 58.7. The molecular formula is C71H87F2N15O12S2. The van der Waals surface area contributed by atoms with Gasteiger partial charge in [-0.25, -0.2) is 8.78 Å². The van der Waals surface area contributed by atoms with Gasteiger partial charge in [0.05, 0.1) is 13.0 Å². The first-order chi connectivity index (χ1) is 49.0. The molecule has 2 fully saturated rings. The molecule has 12 N–H and O–H groups in total. The van der Waals surface area contributed by atoms with Crippen LogP contribution in [0.2, 0.25) is 0 Å². The molecule has 31 heteroatoms. The topological polar surface area (TPSA) is 397 Å². The van der Waals surface area contributed by atoms with E-state index >= 15 is 28.4 Å². The lowest BCUT2D eigenvalue weighted by molar-refractivity contribution is -0.146. The van der Waals surface area contributed by atoms with Crippen molar-refractivity contribution in [1.29, 1.82) is 0 Å². The highest BCUT2D eigenvalue weighted by Crippen LogP contribution is 2.32. The molecule has 2 aromatic heterocycles. The van der Waals surface area contributed by atoms with Gasteiger partial charge in [0.2, 0.25) is 53.2 Å². The number of unbranched alkanes of at least 4 members (excludes halogenated alkanes) is 1. The van der Waals surface area contributed by atoms with E-state index in [4.69, 9.17) is 16.0 Å². The molecule has 2 saturated heterocycles. The summed E-state index contributed by atoms with van der Waals surface area (Å²) in [5.74, 6) is -6.82. The predicted molar refractivity (Wildman–Crippen MR) is 381 cm³/mol. The van der Waals surface area contributed by atoms with Crippen molar-refractivity contribution in [3.8, 4) is 5.75 Å². The first-order valence-electron chi connectivity index (χ1n) is 34.1. The quantitative estimate of drug-likeness (QED) is 0.0242. The minimum absolute atomic E-state index is 0.0291. The average Bonchev–Trinajstić information content (AvgIpc) is 1.61. The summed E-state index contributed by atoms with van der Waals surface area (Å²) >= 11 is 3.00. The smallest absolute Gasteiger partial charge is 0.303 e. The number of carboxylic acids is 1. The largest absolute Gasteiger partial charge is 0.497 e. The summed E-state index contributed by atoms with van der Waals surface area (Å²) < 4.78 is 35.4. The molecule has 0 saturated carbocycles. The molecule has 0 spiro atoms. The fraction of sp³-hybridized carbons (Fsp3) is 0.465. The third-order valence-electron chi connectivity index (χ3n) is 18.7. The van der Waals surface area contributed by atoms with Crippen LogP contribution in [0, 0.1) is 11.6 Å². The molecule has 6 aromatic rings. The number of nitrogens with one attached hydrogen (secondary N) is 9. The highest BCUT2D eigenvalue weighted by molar-refractivity contribution is 7.99. The lowest BCUT2D eigenvalue weighted by Gasteiger charge is -2.36. The van der Waals surface area contributed by atoms with E-state index in [9.17, 15) is 33.5 Å². The number of amides is 9. The second-order valence-electron chi connectivity index (χ2n) is 26.1. The van der Waals surface area contributed by atoms with Crippen molar-refractivity contribution in [3.63, 3.8) is 0 Å². The molecule has 9 amide bonds. The highest BCUT2D eigenvalue weighted by atomic mass is 32.2. The van der Waals surface area contributed by atoms with E-state index in [-0.39, 0.29) is 76.9 Å². The summed E-state index contributed by atoms with van der Waals surface area (Å²) in [7, 11) is 1.49. The summed E-state index contributed by atoms with van der Waals surface area (Å²) in [5, 5.41) is 33.6. The van der Waals surface area contributed by atoms with Gasteiger partial charge in [0, 0.05) is 108 Å². The number of rotatable bonds is 16. The number of hydrogen-bond donors (Lipinski definition) is 11. The van der Waals surface area contributed by atoms with Crippen LogP contribution >= 0.6 is 23.5 Å². The molecule has 9 rings (SSSR count). The number of nitrogens with two attached hydrogens (primary N) is 1. The number of aromatic nitrogens is 2. The number of aryl methyl sites for hydroxylation is 1. The number of nitrogens with zero attached hydrogens (tertiary/aromatic N) is 5. The van der Waals surface area contributed by atoms with Crippen molar-refractivity contribution in [2.45, 2.75) is 163 Å². The first kappa shape index (κ1) is 76.5. The molecule has 5 heterocycles. The van der Waals surface area contributed by atoms with Gasteiger partial charge in [-0.15, -0.1) is 11.8 Å². The fourth-order valence-corrected chi connectivity index (χ4v) is 14.8. The van der Waals surface area contributed by atoms with Crippen molar-refractivity contribution in [3.05, 3.63) is 147 Å². The second-order valence-corrected chi connectivity index (χ2v) is 28.3. The molecule has 0 unspecified atom stereocenters. The lowest BCUT2D eigenvalue weighted by atomic mass is 9.95. The van der Waals surface area contributed by atoms with Gasteiger partial charge in [0.1, 0.15) is 65.2 Å². The van der Waals surface area contributed by atoms with E-state index in [2.05, 4.69) is 63.3 Å². The summed E-state index contributed by atoms with van der Waals surface area (Å²) in [6.45, 7) is 3.04. The zero-order chi connectivity index (χ0) is 73.0. The van der Waals surface area contributed by atoms with Gasteiger partial charge in [0.25, 0.3) is 0 Å². The number of fused-ring (bicyclic) bond motifs is 6. The molecule has 0 radical (unpaired) electrons. The van der Waals surface area contributed by atoms with Crippen molar-refractivity contribution in [2.75, 3.05) is 44.1 Å². The van der Waals surface area contributed by atoms with Crippen LogP contribution in [0.4, 0.5) is 8.78 Å². The Balaban J connectivity index is 1.06. The molecule has 2 bridgehead atoms. The first-order valence-corrected chi connectivity index (χ1v) is 36.4. The number of benzene rings is 4. The Labute approximate surface area is 596 Å². The van der Waals surface area contributed by atoms with Gasteiger partial charge in [-0.3, -0.25) is 47.9 Å². The minimum atomic E-state index is -1.64. The van der Waals surface area contributed by atoms with Gasteiger partial charge >= 0.3 is 5.97 Å². The van der Waals surface area contributed by atoms with Gasteiger partial charge in [-0.2, -0.15) is 11.8 Å². The SMILES string of the molecule is COc1ccc(C[C@@H]2NC(=O)[C@H](CCCC(=O)O)NC(=O)[C@H]3C[C@@H](N)CN3C(=O)[C@H](Cc3c[nH]c4ccc(F)cc34)NC(=O)[C@H](Cc3c[nH]c4ccc(F)cc34)NC(=O)[C@@H](C)NC(=O)[C@H](CCCCN=[N+]=[N-])NC(=O)CCSCc3cccc(c3)CCSCNC(=O)[C@]3(C)CCCN3C2=O)cc1. The predicted octanol–water partition coefficient (Wildman–Crippen LogP) is 5.62. The Morgan fingerprint density at radius 1 is 0.706 bits per heavy atom. The fourth-order valence-electron chi connectivity index (χ4n) is 13.1. The van der Waals surface area contributed by atoms with E-state index in [1.165, 1.54) is 91.2 Å². The van der Waals surface area contributed by atoms with E-state index in [1.54, 1.807) is 31.2 Å². The minimum Gasteiger partial charge on any atom is -0.497 e. The molecule has 3 aliphatic rings. The summed E-state index contributed by atoms with van der Waals surface area (Å²) in [6, 6.07) is 11.7. The highest BCUT2D eigenvalue weighted by Gasteiger charge is 2.48. The summed E-state index contributed by atoms with van der Waals surface area (Å²) in [6.07, 6.45) is 3.49. The van der Waals surface area contributed by atoms with Gasteiger partial charge < -0.3 is 72.6 Å². The normalized spacial score (nSPS) is 23.9. The zero-order valence-electron chi connectivity index (χ0n) is 57.0. The number of halogens is 2. The Bertz CT molecular complexity index is 4080. The third kappa shape index (κ3) is 20.5. The van der Waals surface area contributed by atoms with E-state index in [0.29, 0.717) is 93.6 Å². The number of carbonyl (C=O) groups excluding carboxylic acids is 9. The number of thioether (sulfide) groups is 2. The standard InChI is InChI=1S/C71H87F2N15O12S2/c1-41-63(92)83-57(31-45-36-76-53-20-16-47(72)33-51(45)53)66(95)85-59(32-46-37-77-54-21-17-48(73)34-52(46)54)68(97)87-38-49(74)35-60(87)67(96)82-56(12-7-13-62(90)91)65(94)84-58(30-43-14-18-50(100-3)19-15-43)69(98)88-26-8-24-71(88,2)70(99)78-40-102-27-22-42-9-6-10-44(29-42)39-101-28-23-61(89)81-55(64(93)80-41)11-4-5-25-79-86-75/h6,9-10,14-21,29,33-34,36-37,41,49,55-60,76-77H,4-5,7-8,11-13,22-28,30-32,35,38-40,74H2,1-3H3,(H,78,99)(H,80,93)(H,81,89)(H,82,96)(H,83,92)(H,84,94)(H,85,95)(H,90,91)/t41-,49-,55+,56+,57+,58+,59+,60-,71+/m1/s1. The Morgan fingerprint density at radius 2 is 1.31 bits per heavy atom. The molecule has 3 aliphatic heterocycles. The van der Waals surface area contributed by atoms with Crippen LogP contribution in [0.3, 0.4) is 0 Å². The molecule has 9 atom stereocenters. The number of carboxylic acid groups (broad SMARTS) is 1. The van der Waals surface area contributed by atoms with Crippen LogP contribution in [0.1, 0.15) is 106 Å². The van der Waals surface area contributed by atoms with Gasteiger partial charge in [-0.1, -0.05) is 47.9 Å². The average molecular weight is 1440 g/mol. The Morgan fingerprint density at radius 3 is 1.99 bits per heavy atom. The summed E-state index contributed by atoms with van der Waals surface area (Å²) in [5.41, 5.74) is 18.4. The van der Waals surface area contributed by atoms with E-state index in [0.717, 1.165) is 16.0 Å². The number of azide groups is 1. The van der Waals surface area contributed by atoms with Crippen LogP contribution in [-0.4, -0.2) is 182 Å². The maximum atomic E-state index is 15.6. The maximum Gasteiger partial charge on any atom is 0.303 e. The van der Waals surface area contributed by atoms with Crippen LogP contribution in [0.15, 0.2) is 102 Å². The van der Waals surface area contributed by atoms with Gasteiger partial charge in [0.15, 0.2) is 0 Å². The Hall–Kier alpha value is -9.71. The molecule has 4 aromatic carbocycles. The second kappa shape index (κ2) is 36.2. The third-order valence-corrected chi connectivity index (χ3v) is 20.5. The van der Waals surface area contributed by atoms with Gasteiger partial charge in [-0.05, 0) is 153 Å². The molecule has 102 heavy (non-hydrogen) atoms. The number of ether oxygens (including phenoxy) is 1. The number of methoxy groups -OCH3 is 1. The molecule has 27 nitrogen and oxygen atoms in total. The monoisotopic (exact) mass is 1440 g/mol. The lowest BCUT2D eigenvalue weighted by Crippen LogP contribution is -2.62. The van der Waals surface area contributed by atoms with E-state index in [1.807, 2.05) is 18.2 Å². The van der Waals surface area contributed by atoms with Crippen LogP contribution in [0.25, 0.3) is 32.2 Å². The number of aromatic amines is 2. The summed E-state index contributed by atoms with van der Waals surface area (Å²) in [4.78, 5) is 156. The molecular weight excluding hydrogens is 1360 g/mol. The number of hydrogen-bond acceptors (Lipinski definition) is 15. The van der Waals surface area contributed by atoms with Crippen LogP contribution in [0.5, 0.6) is 5.75 Å².